The Hall–Kier alpha value is -4.17. The summed E-state index contributed by atoms with van der Waals surface area (Å²) in [5.74, 6) is -1.13. The number of amides is 1. The van der Waals surface area contributed by atoms with Gasteiger partial charge in [-0.25, -0.2) is 14.8 Å². The summed E-state index contributed by atoms with van der Waals surface area (Å²) in [5, 5.41) is 13.2. The first-order chi connectivity index (χ1) is 16.4. The fourth-order valence-corrected chi connectivity index (χ4v) is 3.68. The second kappa shape index (κ2) is 10.2. The Kier molecular flexibility index (Phi) is 6.89. The van der Waals surface area contributed by atoms with Crippen molar-refractivity contribution in [2.75, 3.05) is 12.3 Å². The van der Waals surface area contributed by atoms with Crippen molar-refractivity contribution < 1.29 is 19.4 Å². The third kappa shape index (κ3) is 5.60. The Morgan fingerprint density at radius 1 is 1.03 bits per heavy atom. The van der Waals surface area contributed by atoms with E-state index in [0.717, 1.165) is 10.9 Å². The molecule has 0 bridgehead atoms. The Morgan fingerprint density at radius 3 is 2.59 bits per heavy atom. The number of aromatic nitrogens is 2. The molecule has 34 heavy (non-hydrogen) atoms. The molecule has 4 aromatic rings. The van der Waals surface area contributed by atoms with Crippen molar-refractivity contribution in [2.45, 2.75) is 12.5 Å². The van der Waals surface area contributed by atoms with Crippen molar-refractivity contribution in [3.05, 3.63) is 83.4 Å². The molecule has 0 aliphatic heterocycles. The first-order valence-electron chi connectivity index (χ1n) is 10.4. The number of ether oxygens (including phenoxy) is 1. The predicted octanol–water partition coefficient (Wildman–Crippen LogP) is 3.72. The van der Waals surface area contributed by atoms with Gasteiger partial charge in [0.2, 0.25) is 5.95 Å². The highest BCUT2D eigenvalue weighted by Gasteiger charge is 2.20. The van der Waals surface area contributed by atoms with Crippen LogP contribution in [0.25, 0.3) is 22.2 Å². The summed E-state index contributed by atoms with van der Waals surface area (Å²) < 4.78 is 5.62. The van der Waals surface area contributed by atoms with Crippen molar-refractivity contribution in [1.29, 1.82) is 0 Å². The molecule has 0 radical (unpaired) electrons. The molecule has 4 rings (SSSR count). The Balaban J connectivity index is 1.47. The van der Waals surface area contributed by atoms with E-state index in [4.69, 9.17) is 22.1 Å². The first-order valence-corrected chi connectivity index (χ1v) is 10.8. The average Bonchev–Trinajstić information content (AvgIpc) is 2.83. The van der Waals surface area contributed by atoms with E-state index in [-0.39, 0.29) is 19.0 Å². The number of aliphatic carboxylic acids is 1. The van der Waals surface area contributed by atoms with Gasteiger partial charge in [-0.3, -0.25) is 4.79 Å². The maximum Gasteiger partial charge on any atom is 0.326 e. The van der Waals surface area contributed by atoms with Crippen LogP contribution in [0.5, 0.6) is 5.75 Å². The van der Waals surface area contributed by atoms with Gasteiger partial charge in [-0.2, -0.15) is 0 Å². The molecule has 3 aromatic carbocycles. The lowest BCUT2D eigenvalue weighted by atomic mass is 10.1. The van der Waals surface area contributed by atoms with Crippen molar-refractivity contribution in [3.63, 3.8) is 0 Å². The minimum Gasteiger partial charge on any atom is -0.484 e. The van der Waals surface area contributed by atoms with Crippen molar-refractivity contribution in [1.82, 2.24) is 15.3 Å². The standard InChI is InChI=1S/C25H21ClN4O4/c26-17-9-10-20-19(13-17)23(30-25(27)29-20)16-7-4-8-18(12-16)34-14-22(31)28-21(24(32)33)11-15-5-2-1-3-6-15/h1-10,12-13,21H,11,14H2,(H,28,31)(H,32,33)(H2,27,29,30). The molecule has 0 saturated carbocycles. The number of nitrogens with zero attached hydrogens (tertiary/aromatic N) is 2. The van der Waals surface area contributed by atoms with Crippen LogP contribution in [-0.4, -0.2) is 39.6 Å². The number of anilines is 1. The third-order valence-corrected chi connectivity index (χ3v) is 5.30. The first kappa shape index (κ1) is 23.0. The zero-order valence-electron chi connectivity index (χ0n) is 17.9. The van der Waals surface area contributed by atoms with Crippen LogP contribution in [-0.2, 0) is 16.0 Å². The summed E-state index contributed by atoms with van der Waals surface area (Å²) in [6.07, 6.45) is 0.169. The Bertz CT molecular complexity index is 1350. The highest BCUT2D eigenvalue weighted by atomic mass is 35.5. The second-order valence-electron chi connectivity index (χ2n) is 7.56. The number of carboxylic acids is 1. The molecule has 0 aliphatic rings. The summed E-state index contributed by atoms with van der Waals surface area (Å²) >= 11 is 6.15. The van der Waals surface area contributed by atoms with Crippen molar-refractivity contribution in [2.24, 2.45) is 0 Å². The van der Waals surface area contributed by atoms with Gasteiger partial charge in [0.15, 0.2) is 6.61 Å². The van der Waals surface area contributed by atoms with Crippen LogP contribution in [0.4, 0.5) is 5.95 Å². The molecule has 1 heterocycles. The van der Waals surface area contributed by atoms with Crippen LogP contribution >= 0.6 is 11.6 Å². The normalized spacial score (nSPS) is 11.7. The molecule has 0 saturated heterocycles. The predicted molar refractivity (Wildman–Crippen MR) is 130 cm³/mol. The van der Waals surface area contributed by atoms with Crippen LogP contribution in [0.1, 0.15) is 5.56 Å². The molecule has 9 heteroatoms. The van der Waals surface area contributed by atoms with Gasteiger partial charge in [0.1, 0.15) is 11.8 Å². The molecule has 0 aliphatic carbocycles. The number of nitrogen functional groups attached to an aromatic ring is 1. The van der Waals surface area contributed by atoms with E-state index in [2.05, 4.69) is 15.3 Å². The monoisotopic (exact) mass is 476 g/mol. The Labute approximate surface area is 200 Å². The van der Waals surface area contributed by atoms with E-state index in [1.54, 1.807) is 48.5 Å². The van der Waals surface area contributed by atoms with Crippen LogP contribution in [0.15, 0.2) is 72.8 Å². The second-order valence-corrected chi connectivity index (χ2v) is 7.99. The lowest BCUT2D eigenvalue weighted by Gasteiger charge is -2.15. The van der Waals surface area contributed by atoms with Crippen molar-refractivity contribution >= 4 is 40.3 Å². The number of carbonyl (C=O) groups excluding carboxylic acids is 1. The van der Waals surface area contributed by atoms with Crippen LogP contribution in [0.3, 0.4) is 0 Å². The number of nitrogens with one attached hydrogen (secondary N) is 1. The summed E-state index contributed by atoms with van der Waals surface area (Å²) in [5.41, 5.74) is 8.61. The topological polar surface area (TPSA) is 127 Å². The number of nitrogens with two attached hydrogens (primary N) is 1. The van der Waals surface area contributed by atoms with Gasteiger partial charge in [0.25, 0.3) is 5.91 Å². The summed E-state index contributed by atoms with van der Waals surface area (Å²) in [4.78, 5) is 32.6. The zero-order valence-corrected chi connectivity index (χ0v) is 18.7. The molecule has 0 spiro atoms. The fraction of sp³-hybridized carbons (Fsp3) is 0.120. The highest BCUT2D eigenvalue weighted by Crippen LogP contribution is 2.30. The lowest BCUT2D eigenvalue weighted by Crippen LogP contribution is -2.44. The third-order valence-electron chi connectivity index (χ3n) is 5.07. The summed E-state index contributed by atoms with van der Waals surface area (Å²) in [6, 6.07) is 20.2. The van der Waals surface area contributed by atoms with E-state index >= 15 is 0 Å². The Morgan fingerprint density at radius 2 is 1.82 bits per heavy atom. The van der Waals surface area contributed by atoms with Gasteiger partial charge < -0.3 is 20.9 Å². The number of hydrogen-bond acceptors (Lipinski definition) is 6. The number of rotatable bonds is 8. The number of hydrogen-bond donors (Lipinski definition) is 3. The van der Waals surface area contributed by atoms with Gasteiger partial charge in [-0.1, -0.05) is 54.1 Å². The largest absolute Gasteiger partial charge is 0.484 e. The number of halogens is 1. The van der Waals surface area contributed by atoms with E-state index in [1.807, 2.05) is 24.3 Å². The molecule has 1 aromatic heterocycles. The molecular formula is C25H21ClN4O4. The summed E-state index contributed by atoms with van der Waals surface area (Å²) in [7, 11) is 0. The molecule has 1 atom stereocenters. The molecule has 8 nitrogen and oxygen atoms in total. The van der Waals surface area contributed by atoms with E-state index in [1.165, 1.54) is 0 Å². The molecule has 1 unspecified atom stereocenters. The number of carbonyl (C=O) groups is 2. The van der Waals surface area contributed by atoms with E-state index in [9.17, 15) is 14.7 Å². The smallest absolute Gasteiger partial charge is 0.326 e. The lowest BCUT2D eigenvalue weighted by molar-refractivity contribution is -0.142. The summed E-state index contributed by atoms with van der Waals surface area (Å²) in [6.45, 7) is -0.347. The van der Waals surface area contributed by atoms with Gasteiger partial charge >= 0.3 is 5.97 Å². The minimum atomic E-state index is -1.12. The maximum atomic E-state index is 12.4. The van der Waals surface area contributed by atoms with E-state index < -0.39 is 17.9 Å². The van der Waals surface area contributed by atoms with Crippen molar-refractivity contribution in [3.8, 4) is 17.0 Å². The van der Waals surface area contributed by atoms with Gasteiger partial charge in [-0.15, -0.1) is 0 Å². The highest BCUT2D eigenvalue weighted by molar-refractivity contribution is 6.31. The number of benzene rings is 3. The van der Waals surface area contributed by atoms with Gasteiger partial charge in [0, 0.05) is 22.4 Å². The zero-order chi connectivity index (χ0) is 24.1. The quantitative estimate of drug-likeness (QED) is 0.353. The minimum absolute atomic E-state index is 0.119. The number of carboxylic acid groups (broad SMARTS) is 1. The molecule has 172 valence electrons. The van der Waals surface area contributed by atoms with Crippen LogP contribution in [0, 0.1) is 0 Å². The number of fused-ring (bicyclic) bond motifs is 1. The van der Waals surface area contributed by atoms with Gasteiger partial charge in [0.05, 0.1) is 11.2 Å². The average molecular weight is 477 g/mol. The molecule has 0 fully saturated rings. The van der Waals surface area contributed by atoms with Gasteiger partial charge in [-0.05, 0) is 35.9 Å². The molecular weight excluding hydrogens is 456 g/mol. The van der Waals surface area contributed by atoms with Crippen LogP contribution in [0.2, 0.25) is 5.02 Å². The van der Waals surface area contributed by atoms with Crippen LogP contribution < -0.4 is 15.8 Å². The maximum absolute atomic E-state index is 12.4. The SMILES string of the molecule is Nc1nc(-c2cccc(OCC(=O)NC(Cc3ccccc3)C(=O)O)c2)c2cc(Cl)ccc2n1. The van der Waals surface area contributed by atoms with E-state index in [0.29, 0.717) is 27.5 Å². The fourth-order valence-electron chi connectivity index (χ4n) is 3.51. The molecule has 1 amide bonds. The molecule has 4 N–H and O–H groups in total.